The highest BCUT2D eigenvalue weighted by Crippen LogP contribution is 2.25. The molecule has 3 atom stereocenters. The van der Waals surface area contributed by atoms with Crippen LogP contribution in [0.1, 0.15) is 32.9 Å². The number of carbonyl (C=O) groups excluding carboxylic acids is 3. The van der Waals surface area contributed by atoms with Crippen molar-refractivity contribution in [2.24, 2.45) is 5.92 Å². The fraction of sp³-hybridized carbons (Fsp3) is 0.375. The van der Waals surface area contributed by atoms with Gasteiger partial charge in [0.1, 0.15) is 18.4 Å². The highest BCUT2D eigenvalue weighted by molar-refractivity contribution is 6.31. The molecule has 0 bridgehead atoms. The van der Waals surface area contributed by atoms with Crippen molar-refractivity contribution in [2.45, 2.75) is 51.7 Å². The number of aldehydes is 1. The first-order valence-corrected chi connectivity index (χ1v) is 11.5. The van der Waals surface area contributed by atoms with Gasteiger partial charge in [-0.3, -0.25) is 14.6 Å². The molecule has 0 fully saturated rings. The van der Waals surface area contributed by atoms with E-state index in [9.17, 15) is 14.4 Å². The summed E-state index contributed by atoms with van der Waals surface area (Å²) >= 11 is 6.05. The molecule has 0 saturated carbocycles. The number of carbonyl (C=O) groups is 3. The van der Waals surface area contributed by atoms with Crippen molar-refractivity contribution in [1.29, 1.82) is 0 Å². The fourth-order valence-corrected chi connectivity index (χ4v) is 3.76. The van der Waals surface area contributed by atoms with Crippen LogP contribution in [-0.2, 0) is 20.8 Å². The third-order valence-electron chi connectivity index (χ3n) is 5.30. The number of halogens is 1. The highest BCUT2D eigenvalue weighted by atomic mass is 35.5. The Balaban J connectivity index is 1.67. The van der Waals surface area contributed by atoms with Gasteiger partial charge >= 0.3 is 0 Å². The number of nitrogens with zero attached hydrogens (tertiary/aromatic N) is 2. The van der Waals surface area contributed by atoms with E-state index in [1.807, 2.05) is 19.9 Å². The lowest BCUT2D eigenvalue weighted by Crippen LogP contribution is -2.53. The Morgan fingerprint density at radius 1 is 1.15 bits per heavy atom. The summed E-state index contributed by atoms with van der Waals surface area (Å²) in [5, 5.41) is 10.1. The molecule has 0 saturated heterocycles. The zero-order valence-corrected chi connectivity index (χ0v) is 20.1. The summed E-state index contributed by atoms with van der Waals surface area (Å²) in [4.78, 5) is 48.6. The molecule has 0 aliphatic rings. The first kappa shape index (κ1) is 25.2. The summed E-state index contributed by atoms with van der Waals surface area (Å²) in [6, 6.07) is 4.99. The minimum Gasteiger partial charge on any atom is -0.373 e. The zero-order chi connectivity index (χ0) is 24.7. The molecule has 0 radical (unpaired) electrons. The van der Waals surface area contributed by atoms with Gasteiger partial charge in [0.2, 0.25) is 11.8 Å². The Labute approximate surface area is 203 Å². The summed E-state index contributed by atoms with van der Waals surface area (Å²) in [6.07, 6.45) is 6.14. The number of H-pyrrole nitrogens is 1. The van der Waals surface area contributed by atoms with Gasteiger partial charge in [0.15, 0.2) is 0 Å². The number of aromatic nitrogens is 3. The summed E-state index contributed by atoms with van der Waals surface area (Å²) in [7, 11) is 0. The molecular weight excluding hydrogens is 456 g/mol. The third kappa shape index (κ3) is 6.77. The van der Waals surface area contributed by atoms with Crippen molar-refractivity contribution in [2.75, 3.05) is 5.32 Å². The standard InChI is InChI=1S/C24H29ClN6O3/c1-14(2)8-22(24(34)30-18(12-32)10-17-11-26-13-28-17)31-23(33)15(3)29-20-6-7-27-21-9-16(25)4-5-19(20)21/h4-7,9,11-15,18,22H,8,10H2,1-3H3,(H,26,28)(H,27,29)(H,30,34)(H,31,33)/t15-,18-,22-/m0/s1. The number of imidazole rings is 1. The number of amides is 2. The zero-order valence-electron chi connectivity index (χ0n) is 19.3. The quantitative estimate of drug-likeness (QED) is 0.310. The number of aromatic amines is 1. The molecule has 3 aromatic rings. The molecule has 1 aromatic carbocycles. The number of fused-ring (bicyclic) bond motifs is 1. The maximum absolute atomic E-state index is 13.0. The first-order valence-electron chi connectivity index (χ1n) is 11.1. The van der Waals surface area contributed by atoms with Crippen molar-refractivity contribution >= 4 is 46.3 Å². The van der Waals surface area contributed by atoms with Crippen LogP contribution in [0.5, 0.6) is 0 Å². The van der Waals surface area contributed by atoms with Gasteiger partial charge < -0.3 is 25.7 Å². The molecule has 0 aliphatic carbocycles. The van der Waals surface area contributed by atoms with E-state index in [1.165, 1.54) is 6.33 Å². The SMILES string of the molecule is CC(C)C[C@H](NC(=O)[C@H](C)Nc1ccnc2cc(Cl)ccc12)C(=O)N[C@H](C=O)Cc1cnc[nH]1. The Morgan fingerprint density at radius 2 is 1.94 bits per heavy atom. The van der Waals surface area contributed by atoms with Crippen LogP contribution in [0.4, 0.5) is 5.69 Å². The van der Waals surface area contributed by atoms with Crippen molar-refractivity contribution in [3.8, 4) is 0 Å². The summed E-state index contributed by atoms with van der Waals surface area (Å²) < 4.78 is 0. The second-order valence-electron chi connectivity index (χ2n) is 8.61. The van der Waals surface area contributed by atoms with Gasteiger partial charge in [0.05, 0.1) is 17.9 Å². The van der Waals surface area contributed by atoms with E-state index >= 15 is 0 Å². The van der Waals surface area contributed by atoms with E-state index in [4.69, 9.17) is 11.6 Å². The van der Waals surface area contributed by atoms with Gasteiger partial charge in [-0.25, -0.2) is 4.98 Å². The third-order valence-corrected chi connectivity index (χ3v) is 5.53. The lowest BCUT2D eigenvalue weighted by Gasteiger charge is -2.24. The second-order valence-corrected chi connectivity index (χ2v) is 9.05. The van der Waals surface area contributed by atoms with Crippen LogP contribution in [0.3, 0.4) is 0 Å². The fourth-order valence-electron chi connectivity index (χ4n) is 3.60. The van der Waals surface area contributed by atoms with Crippen LogP contribution >= 0.6 is 11.6 Å². The van der Waals surface area contributed by atoms with E-state index in [2.05, 4.69) is 30.9 Å². The van der Waals surface area contributed by atoms with Crippen molar-refractivity contribution in [1.82, 2.24) is 25.6 Å². The van der Waals surface area contributed by atoms with Crippen LogP contribution in [0.25, 0.3) is 10.9 Å². The first-order chi connectivity index (χ1) is 16.3. The second kappa shape index (κ2) is 11.6. The van der Waals surface area contributed by atoms with Crippen LogP contribution in [-0.4, -0.2) is 51.2 Å². The maximum Gasteiger partial charge on any atom is 0.243 e. The van der Waals surface area contributed by atoms with E-state index in [0.717, 1.165) is 16.8 Å². The Kier molecular flexibility index (Phi) is 8.59. The molecule has 2 amide bonds. The Hall–Kier alpha value is -3.46. The van der Waals surface area contributed by atoms with Gasteiger partial charge in [-0.1, -0.05) is 25.4 Å². The highest BCUT2D eigenvalue weighted by Gasteiger charge is 2.26. The van der Waals surface area contributed by atoms with E-state index in [0.29, 0.717) is 23.2 Å². The lowest BCUT2D eigenvalue weighted by molar-refractivity contribution is -0.130. The van der Waals surface area contributed by atoms with Gasteiger partial charge in [-0.15, -0.1) is 0 Å². The van der Waals surface area contributed by atoms with Crippen molar-refractivity contribution in [3.05, 3.63) is 53.7 Å². The smallest absolute Gasteiger partial charge is 0.243 e. The van der Waals surface area contributed by atoms with E-state index < -0.39 is 24.0 Å². The molecule has 10 heteroatoms. The predicted molar refractivity (Wildman–Crippen MR) is 132 cm³/mol. The van der Waals surface area contributed by atoms with E-state index in [-0.39, 0.29) is 18.2 Å². The molecule has 9 nitrogen and oxygen atoms in total. The minimum atomic E-state index is -0.783. The van der Waals surface area contributed by atoms with Crippen LogP contribution in [0, 0.1) is 5.92 Å². The normalized spacial score (nSPS) is 13.8. The predicted octanol–water partition coefficient (Wildman–Crippen LogP) is 2.87. The number of rotatable bonds is 11. The topological polar surface area (TPSA) is 129 Å². The largest absolute Gasteiger partial charge is 0.373 e. The number of hydrogen-bond acceptors (Lipinski definition) is 6. The van der Waals surface area contributed by atoms with Gasteiger partial charge in [0, 0.05) is 40.6 Å². The Bertz CT molecular complexity index is 1130. The molecule has 2 aromatic heterocycles. The van der Waals surface area contributed by atoms with Crippen LogP contribution in [0.2, 0.25) is 5.02 Å². The maximum atomic E-state index is 13.0. The summed E-state index contributed by atoms with van der Waals surface area (Å²) in [5.74, 6) is -0.596. The number of pyridine rings is 1. The number of benzene rings is 1. The molecule has 0 aliphatic heterocycles. The lowest BCUT2D eigenvalue weighted by atomic mass is 10.0. The average Bonchev–Trinajstić information content (AvgIpc) is 3.30. The summed E-state index contributed by atoms with van der Waals surface area (Å²) in [5.41, 5.74) is 2.17. The molecule has 3 rings (SSSR count). The molecule has 0 unspecified atom stereocenters. The molecule has 2 heterocycles. The summed E-state index contributed by atoms with van der Waals surface area (Å²) in [6.45, 7) is 5.64. The van der Waals surface area contributed by atoms with Gasteiger partial charge in [-0.05, 0) is 43.5 Å². The van der Waals surface area contributed by atoms with Gasteiger partial charge in [-0.2, -0.15) is 0 Å². The van der Waals surface area contributed by atoms with Crippen molar-refractivity contribution < 1.29 is 14.4 Å². The average molecular weight is 485 g/mol. The molecule has 4 N–H and O–H groups in total. The Morgan fingerprint density at radius 3 is 2.62 bits per heavy atom. The molecule has 180 valence electrons. The van der Waals surface area contributed by atoms with E-state index in [1.54, 1.807) is 37.5 Å². The van der Waals surface area contributed by atoms with Crippen LogP contribution in [0.15, 0.2) is 43.0 Å². The van der Waals surface area contributed by atoms with Crippen LogP contribution < -0.4 is 16.0 Å². The number of nitrogens with one attached hydrogen (secondary N) is 4. The molecule has 0 spiro atoms. The van der Waals surface area contributed by atoms with Gasteiger partial charge in [0.25, 0.3) is 0 Å². The number of hydrogen-bond donors (Lipinski definition) is 4. The van der Waals surface area contributed by atoms with Crippen molar-refractivity contribution in [3.63, 3.8) is 0 Å². The molecule has 34 heavy (non-hydrogen) atoms. The number of anilines is 1. The monoisotopic (exact) mass is 484 g/mol. The molecular formula is C24H29ClN6O3. The minimum absolute atomic E-state index is 0.149.